The lowest BCUT2D eigenvalue weighted by Gasteiger charge is -2.22. The standard InChI is InChI=1S/C15H25NO2/c1-13(17)11-16(12-14(2)18)10-6-9-15-7-4-3-5-8-15/h3-5,7-8,13-14,17-18H,6,9-12H2,1-2H3/p+1/t13-,14-/m0/s1. The van der Waals surface area contributed by atoms with Crippen LogP contribution < -0.4 is 4.90 Å². The lowest BCUT2D eigenvalue weighted by Crippen LogP contribution is -3.14. The van der Waals surface area contributed by atoms with Gasteiger partial charge in [-0.05, 0) is 25.8 Å². The van der Waals surface area contributed by atoms with Crippen LogP contribution in [-0.4, -0.2) is 42.1 Å². The van der Waals surface area contributed by atoms with E-state index in [9.17, 15) is 10.2 Å². The van der Waals surface area contributed by atoms with Crippen molar-refractivity contribution in [3.8, 4) is 0 Å². The fourth-order valence-electron chi connectivity index (χ4n) is 2.31. The summed E-state index contributed by atoms with van der Waals surface area (Å²) in [5.41, 5.74) is 1.35. The molecule has 0 aliphatic rings. The molecule has 0 bridgehead atoms. The average molecular weight is 252 g/mol. The van der Waals surface area contributed by atoms with Gasteiger partial charge in [-0.1, -0.05) is 30.3 Å². The summed E-state index contributed by atoms with van der Waals surface area (Å²) in [7, 11) is 0. The molecule has 0 aliphatic heterocycles. The fraction of sp³-hybridized carbons (Fsp3) is 0.600. The third kappa shape index (κ3) is 6.74. The van der Waals surface area contributed by atoms with Crippen LogP contribution in [0.15, 0.2) is 30.3 Å². The maximum absolute atomic E-state index is 9.45. The Morgan fingerprint density at radius 2 is 1.56 bits per heavy atom. The van der Waals surface area contributed by atoms with Gasteiger partial charge in [-0.3, -0.25) is 0 Å². The molecule has 0 radical (unpaired) electrons. The van der Waals surface area contributed by atoms with Crippen molar-refractivity contribution in [2.75, 3.05) is 19.6 Å². The number of aryl methyl sites for hydroxylation is 1. The second kappa shape index (κ2) is 8.25. The lowest BCUT2D eigenvalue weighted by molar-refractivity contribution is -0.906. The minimum Gasteiger partial charge on any atom is -0.388 e. The van der Waals surface area contributed by atoms with Crippen LogP contribution in [0.4, 0.5) is 0 Å². The normalized spacial score (nSPS) is 14.7. The quantitative estimate of drug-likeness (QED) is 0.622. The Hall–Kier alpha value is -0.900. The third-order valence-corrected chi connectivity index (χ3v) is 3.01. The van der Waals surface area contributed by atoms with E-state index in [4.69, 9.17) is 0 Å². The van der Waals surface area contributed by atoms with Gasteiger partial charge in [0.05, 0.1) is 6.54 Å². The third-order valence-electron chi connectivity index (χ3n) is 3.01. The van der Waals surface area contributed by atoms with Crippen LogP contribution in [0.25, 0.3) is 0 Å². The highest BCUT2D eigenvalue weighted by molar-refractivity contribution is 5.14. The zero-order valence-electron chi connectivity index (χ0n) is 11.5. The van der Waals surface area contributed by atoms with Crippen LogP contribution in [-0.2, 0) is 6.42 Å². The number of quaternary nitrogens is 1. The molecular formula is C15H26NO2+. The summed E-state index contributed by atoms with van der Waals surface area (Å²) in [6.45, 7) is 6.02. The molecular weight excluding hydrogens is 226 g/mol. The molecule has 0 spiro atoms. The summed E-state index contributed by atoms with van der Waals surface area (Å²) in [6.07, 6.45) is 1.52. The summed E-state index contributed by atoms with van der Waals surface area (Å²) < 4.78 is 0. The first kappa shape index (κ1) is 15.2. The van der Waals surface area contributed by atoms with E-state index in [0.29, 0.717) is 13.1 Å². The first-order valence-electron chi connectivity index (χ1n) is 6.81. The summed E-state index contributed by atoms with van der Waals surface area (Å²) in [5.74, 6) is 0. The van der Waals surface area contributed by atoms with Crippen LogP contribution in [0.1, 0.15) is 25.8 Å². The van der Waals surface area contributed by atoms with E-state index < -0.39 is 0 Å². The van der Waals surface area contributed by atoms with Gasteiger partial charge in [0.1, 0.15) is 25.3 Å². The molecule has 0 aliphatic carbocycles. The predicted molar refractivity (Wildman–Crippen MR) is 73.7 cm³/mol. The minimum atomic E-state index is -0.310. The molecule has 1 rings (SSSR count). The molecule has 3 nitrogen and oxygen atoms in total. The van der Waals surface area contributed by atoms with Gasteiger partial charge in [-0.2, -0.15) is 0 Å². The number of rotatable bonds is 8. The molecule has 3 N–H and O–H groups in total. The van der Waals surface area contributed by atoms with Crippen LogP contribution in [0.5, 0.6) is 0 Å². The van der Waals surface area contributed by atoms with Crippen LogP contribution in [0.2, 0.25) is 0 Å². The van der Waals surface area contributed by atoms with Crippen LogP contribution in [0, 0.1) is 0 Å². The highest BCUT2D eigenvalue weighted by atomic mass is 16.3. The van der Waals surface area contributed by atoms with Gasteiger partial charge in [-0.25, -0.2) is 0 Å². The fourth-order valence-corrected chi connectivity index (χ4v) is 2.31. The molecule has 0 amide bonds. The van der Waals surface area contributed by atoms with Crippen molar-refractivity contribution in [1.82, 2.24) is 0 Å². The van der Waals surface area contributed by atoms with Gasteiger partial charge in [-0.15, -0.1) is 0 Å². The van der Waals surface area contributed by atoms with Crippen LogP contribution in [0.3, 0.4) is 0 Å². The van der Waals surface area contributed by atoms with E-state index in [1.54, 1.807) is 13.8 Å². The molecule has 0 aromatic heterocycles. The predicted octanol–water partition coefficient (Wildman–Crippen LogP) is 0.266. The SMILES string of the molecule is C[C@H](O)C[NH+](CCCc1ccccc1)C[C@H](C)O. The number of aliphatic hydroxyl groups excluding tert-OH is 2. The van der Waals surface area contributed by atoms with E-state index in [1.807, 2.05) is 6.07 Å². The molecule has 0 saturated carbocycles. The van der Waals surface area contributed by atoms with E-state index in [1.165, 1.54) is 10.5 Å². The van der Waals surface area contributed by atoms with Gasteiger partial charge >= 0.3 is 0 Å². The zero-order valence-corrected chi connectivity index (χ0v) is 11.5. The maximum atomic E-state index is 9.45. The molecule has 0 saturated heterocycles. The van der Waals surface area contributed by atoms with Gasteiger partial charge in [0.25, 0.3) is 0 Å². The molecule has 0 heterocycles. The molecule has 1 aromatic carbocycles. The first-order chi connectivity index (χ1) is 8.58. The highest BCUT2D eigenvalue weighted by Gasteiger charge is 2.14. The molecule has 1 aromatic rings. The Labute approximate surface area is 110 Å². The Kier molecular flexibility index (Phi) is 6.94. The number of aliphatic hydroxyl groups is 2. The highest BCUT2D eigenvalue weighted by Crippen LogP contribution is 2.00. The maximum Gasteiger partial charge on any atom is 0.103 e. The van der Waals surface area contributed by atoms with E-state index in [0.717, 1.165) is 19.4 Å². The topological polar surface area (TPSA) is 44.9 Å². The van der Waals surface area contributed by atoms with E-state index in [2.05, 4.69) is 24.3 Å². The molecule has 2 atom stereocenters. The largest absolute Gasteiger partial charge is 0.388 e. The van der Waals surface area contributed by atoms with E-state index >= 15 is 0 Å². The van der Waals surface area contributed by atoms with Crippen molar-refractivity contribution in [3.05, 3.63) is 35.9 Å². The smallest absolute Gasteiger partial charge is 0.103 e. The Balaban J connectivity index is 2.32. The molecule has 0 fully saturated rings. The Bertz CT molecular complexity index is 302. The van der Waals surface area contributed by atoms with Gasteiger partial charge in [0.2, 0.25) is 0 Å². The number of benzene rings is 1. The van der Waals surface area contributed by atoms with Crippen molar-refractivity contribution >= 4 is 0 Å². The second-order valence-corrected chi connectivity index (χ2v) is 5.20. The van der Waals surface area contributed by atoms with E-state index in [-0.39, 0.29) is 12.2 Å². The van der Waals surface area contributed by atoms with Gasteiger partial charge in [0, 0.05) is 6.42 Å². The van der Waals surface area contributed by atoms with Crippen molar-refractivity contribution in [2.24, 2.45) is 0 Å². The van der Waals surface area contributed by atoms with Gasteiger partial charge < -0.3 is 15.1 Å². The van der Waals surface area contributed by atoms with Crippen molar-refractivity contribution < 1.29 is 15.1 Å². The lowest BCUT2D eigenvalue weighted by atomic mass is 10.1. The Morgan fingerprint density at radius 3 is 2.06 bits per heavy atom. The minimum absolute atomic E-state index is 0.310. The summed E-state index contributed by atoms with van der Waals surface area (Å²) >= 11 is 0. The number of hydrogen-bond acceptors (Lipinski definition) is 2. The number of nitrogens with one attached hydrogen (secondary N) is 1. The number of hydrogen-bond donors (Lipinski definition) is 3. The molecule has 102 valence electrons. The first-order valence-corrected chi connectivity index (χ1v) is 6.81. The molecule has 18 heavy (non-hydrogen) atoms. The van der Waals surface area contributed by atoms with Crippen molar-refractivity contribution in [3.63, 3.8) is 0 Å². The second-order valence-electron chi connectivity index (χ2n) is 5.20. The monoisotopic (exact) mass is 252 g/mol. The summed E-state index contributed by atoms with van der Waals surface area (Å²) in [4.78, 5) is 1.27. The summed E-state index contributed by atoms with van der Waals surface area (Å²) in [5, 5.41) is 18.9. The van der Waals surface area contributed by atoms with Crippen LogP contribution >= 0.6 is 0 Å². The molecule has 0 unspecified atom stereocenters. The zero-order chi connectivity index (χ0) is 13.4. The Morgan fingerprint density at radius 1 is 1.00 bits per heavy atom. The average Bonchev–Trinajstić information content (AvgIpc) is 2.28. The summed E-state index contributed by atoms with van der Waals surface area (Å²) in [6, 6.07) is 10.4. The van der Waals surface area contributed by atoms with Crippen molar-refractivity contribution in [1.29, 1.82) is 0 Å². The molecule has 3 heteroatoms. The van der Waals surface area contributed by atoms with Crippen molar-refractivity contribution in [2.45, 2.75) is 38.9 Å². The van der Waals surface area contributed by atoms with Gasteiger partial charge in [0.15, 0.2) is 0 Å².